The molecule has 0 fully saturated rings. The highest BCUT2D eigenvalue weighted by Crippen LogP contribution is 2.41. The topological polar surface area (TPSA) is 83.4 Å². The Hall–Kier alpha value is -3.81. The number of hydrogen-bond donors (Lipinski definition) is 1. The molecule has 1 unspecified atom stereocenters. The number of carbonyl (C=O) groups is 2. The lowest BCUT2D eigenvalue weighted by Crippen LogP contribution is -2.31. The highest BCUT2D eigenvalue weighted by Gasteiger charge is 2.44. The Kier molecular flexibility index (Phi) is 6.19. The van der Waals surface area contributed by atoms with Gasteiger partial charge in [-0.3, -0.25) is 14.6 Å². The summed E-state index contributed by atoms with van der Waals surface area (Å²) in [6, 6.07) is 21.1. The second-order valence-corrected chi connectivity index (χ2v) is 9.53. The quantitative estimate of drug-likeness (QED) is 0.330. The summed E-state index contributed by atoms with van der Waals surface area (Å²) in [6.45, 7) is 1.89. The van der Waals surface area contributed by atoms with Gasteiger partial charge in [0, 0.05) is 16.8 Å². The van der Waals surface area contributed by atoms with Crippen LogP contribution in [0.2, 0.25) is 5.02 Å². The molecule has 0 spiro atoms. The third-order valence-corrected chi connectivity index (χ3v) is 7.27. The number of aromatic nitrogens is 2. The van der Waals surface area contributed by atoms with Crippen molar-refractivity contribution < 1.29 is 14.7 Å². The van der Waals surface area contributed by atoms with Crippen LogP contribution in [0.5, 0.6) is 0 Å². The third kappa shape index (κ3) is 4.36. The number of aliphatic hydroxyl groups is 1. The Bertz CT molecular complexity index is 1430. The van der Waals surface area contributed by atoms with E-state index in [9.17, 15) is 14.7 Å². The molecule has 3 heterocycles. The van der Waals surface area contributed by atoms with Gasteiger partial charge < -0.3 is 10.0 Å². The summed E-state index contributed by atoms with van der Waals surface area (Å²) in [5, 5.41) is 12.2. The zero-order chi connectivity index (χ0) is 24.5. The molecule has 35 heavy (non-hydrogen) atoms. The van der Waals surface area contributed by atoms with E-state index in [1.165, 1.54) is 16.2 Å². The Morgan fingerprint density at radius 1 is 1.06 bits per heavy atom. The lowest BCUT2D eigenvalue weighted by atomic mass is 9.95. The molecule has 0 aliphatic carbocycles. The molecule has 0 saturated heterocycles. The summed E-state index contributed by atoms with van der Waals surface area (Å²) in [5.74, 6) is -1.60. The third-order valence-electron chi connectivity index (χ3n) is 5.82. The zero-order valence-electron chi connectivity index (χ0n) is 18.7. The molecule has 8 heteroatoms. The maximum Gasteiger partial charge on any atom is 0.290 e. The molecule has 174 valence electrons. The molecular weight excluding hydrogens is 482 g/mol. The van der Waals surface area contributed by atoms with Crippen molar-refractivity contribution >= 4 is 34.6 Å². The molecular formula is C27H20ClN3O3S. The van der Waals surface area contributed by atoms with Gasteiger partial charge in [0.1, 0.15) is 5.01 Å². The van der Waals surface area contributed by atoms with Crippen molar-refractivity contribution in [3.63, 3.8) is 0 Å². The van der Waals surface area contributed by atoms with Crippen LogP contribution in [0.1, 0.15) is 32.7 Å². The molecule has 5 rings (SSSR count). The van der Waals surface area contributed by atoms with Gasteiger partial charge in [-0.25, -0.2) is 4.98 Å². The lowest BCUT2D eigenvalue weighted by Gasteiger charge is -2.26. The van der Waals surface area contributed by atoms with Gasteiger partial charge in [0.05, 0.1) is 34.4 Å². The minimum Gasteiger partial charge on any atom is -0.503 e. The first-order chi connectivity index (χ1) is 16.9. The molecule has 0 radical (unpaired) electrons. The fraction of sp³-hybridized carbons (Fsp3) is 0.111. The van der Waals surface area contributed by atoms with Crippen molar-refractivity contribution in [1.29, 1.82) is 0 Å². The Balaban J connectivity index is 1.58. The van der Waals surface area contributed by atoms with E-state index in [0.29, 0.717) is 31.9 Å². The Morgan fingerprint density at radius 3 is 2.46 bits per heavy atom. The van der Waals surface area contributed by atoms with E-state index >= 15 is 0 Å². The maximum absolute atomic E-state index is 13.8. The summed E-state index contributed by atoms with van der Waals surface area (Å²) in [4.78, 5) is 37.8. The van der Waals surface area contributed by atoms with Gasteiger partial charge in [-0.2, -0.15) is 0 Å². The summed E-state index contributed by atoms with van der Waals surface area (Å²) in [5.41, 5.74) is 2.77. The molecule has 2 aromatic carbocycles. The van der Waals surface area contributed by atoms with Crippen LogP contribution in [0.15, 0.2) is 90.3 Å². The molecule has 1 atom stereocenters. The van der Waals surface area contributed by atoms with E-state index in [1.807, 2.05) is 36.4 Å². The molecule has 0 saturated carbocycles. The van der Waals surface area contributed by atoms with Gasteiger partial charge in [0.15, 0.2) is 5.76 Å². The van der Waals surface area contributed by atoms with Gasteiger partial charge in [-0.05, 0) is 36.8 Å². The number of amides is 1. The number of carbonyl (C=O) groups excluding carboxylic acids is 2. The molecule has 1 N–H and O–H groups in total. The first-order valence-electron chi connectivity index (χ1n) is 10.9. The first-order valence-corrected chi connectivity index (χ1v) is 12.1. The standard InChI is InChI=1S/C27H20ClN3O3S/c1-16-25(35-26(30-16)18-7-3-2-4-8-18)23(32)21-22(17-10-12-19(28)13-11-17)31(27(34)24(21)33)15-20-9-5-6-14-29-20/h2-14,22,33H,15H2,1H3. The Labute approximate surface area is 211 Å². The highest BCUT2D eigenvalue weighted by atomic mass is 35.5. The maximum atomic E-state index is 13.8. The second-order valence-electron chi connectivity index (χ2n) is 8.10. The van der Waals surface area contributed by atoms with Crippen molar-refractivity contribution in [2.45, 2.75) is 19.5 Å². The average molecular weight is 502 g/mol. The number of pyridine rings is 1. The van der Waals surface area contributed by atoms with E-state index in [2.05, 4.69) is 9.97 Å². The predicted octanol–water partition coefficient (Wildman–Crippen LogP) is 5.95. The van der Waals surface area contributed by atoms with Crippen LogP contribution in [-0.4, -0.2) is 31.7 Å². The SMILES string of the molecule is Cc1nc(-c2ccccc2)sc1C(=O)C1=C(O)C(=O)N(Cc2ccccn2)C1c1ccc(Cl)cc1. The molecule has 4 aromatic rings. The summed E-state index contributed by atoms with van der Waals surface area (Å²) in [6.07, 6.45) is 1.64. The minimum atomic E-state index is -0.795. The summed E-state index contributed by atoms with van der Waals surface area (Å²) >= 11 is 7.34. The van der Waals surface area contributed by atoms with Crippen molar-refractivity contribution in [3.8, 4) is 10.6 Å². The number of nitrogens with zero attached hydrogens (tertiary/aromatic N) is 3. The zero-order valence-corrected chi connectivity index (χ0v) is 20.3. The van der Waals surface area contributed by atoms with E-state index in [-0.39, 0.29) is 12.1 Å². The van der Waals surface area contributed by atoms with Crippen molar-refractivity contribution in [2.75, 3.05) is 0 Å². The van der Waals surface area contributed by atoms with Crippen LogP contribution in [0.4, 0.5) is 0 Å². The fourth-order valence-electron chi connectivity index (χ4n) is 4.14. The normalized spacial score (nSPS) is 15.7. The number of hydrogen-bond acceptors (Lipinski definition) is 6. The number of thiazole rings is 1. The summed E-state index contributed by atoms with van der Waals surface area (Å²) < 4.78 is 0. The molecule has 6 nitrogen and oxygen atoms in total. The predicted molar refractivity (Wildman–Crippen MR) is 135 cm³/mol. The number of halogens is 1. The van der Waals surface area contributed by atoms with Gasteiger partial charge in [-0.15, -0.1) is 11.3 Å². The van der Waals surface area contributed by atoms with Gasteiger partial charge in [0.25, 0.3) is 5.91 Å². The van der Waals surface area contributed by atoms with Crippen molar-refractivity contribution in [2.24, 2.45) is 0 Å². The van der Waals surface area contributed by atoms with Crippen LogP contribution in [-0.2, 0) is 11.3 Å². The summed E-state index contributed by atoms with van der Waals surface area (Å²) in [7, 11) is 0. The van der Waals surface area contributed by atoms with E-state index in [0.717, 1.165) is 5.56 Å². The molecule has 1 aliphatic rings. The number of aryl methyl sites for hydroxylation is 1. The second kappa shape index (κ2) is 9.44. The Morgan fingerprint density at radius 2 is 1.77 bits per heavy atom. The van der Waals surface area contributed by atoms with Gasteiger partial charge in [0.2, 0.25) is 5.78 Å². The largest absolute Gasteiger partial charge is 0.503 e. The minimum absolute atomic E-state index is 0.0274. The monoisotopic (exact) mass is 501 g/mol. The van der Waals surface area contributed by atoms with Crippen LogP contribution < -0.4 is 0 Å². The number of aliphatic hydroxyl groups excluding tert-OH is 1. The fourth-order valence-corrected chi connectivity index (χ4v) is 5.29. The average Bonchev–Trinajstić information content (AvgIpc) is 3.38. The van der Waals surface area contributed by atoms with E-state index < -0.39 is 23.5 Å². The van der Waals surface area contributed by atoms with Gasteiger partial charge in [-0.1, -0.05) is 60.1 Å². The van der Waals surface area contributed by atoms with Crippen LogP contribution in [0.3, 0.4) is 0 Å². The van der Waals surface area contributed by atoms with Crippen LogP contribution in [0.25, 0.3) is 10.6 Å². The van der Waals surface area contributed by atoms with Gasteiger partial charge >= 0.3 is 0 Å². The van der Waals surface area contributed by atoms with Crippen molar-refractivity contribution in [3.05, 3.63) is 117 Å². The molecule has 2 aromatic heterocycles. The number of rotatable bonds is 6. The highest BCUT2D eigenvalue weighted by molar-refractivity contribution is 7.17. The number of benzene rings is 2. The van der Waals surface area contributed by atoms with E-state index in [1.54, 1.807) is 49.5 Å². The number of ketones is 1. The van der Waals surface area contributed by atoms with Crippen LogP contribution >= 0.6 is 22.9 Å². The van der Waals surface area contributed by atoms with E-state index in [4.69, 9.17) is 11.6 Å². The van der Waals surface area contributed by atoms with Crippen LogP contribution in [0, 0.1) is 6.92 Å². The molecule has 0 bridgehead atoms. The molecule has 1 aliphatic heterocycles. The lowest BCUT2D eigenvalue weighted by molar-refractivity contribution is -0.130. The first kappa shape index (κ1) is 23.0. The van der Waals surface area contributed by atoms with Crippen molar-refractivity contribution in [1.82, 2.24) is 14.9 Å². The number of Topliss-reactive ketones (excluding diaryl/α,β-unsaturated/α-hetero) is 1. The molecule has 1 amide bonds. The smallest absolute Gasteiger partial charge is 0.290 e.